The predicted octanol–water partition coefficient (Wildman–Crippen LogP) is 5.48. The number of benzene rings is 2. The second-order valence-corrected chi connectivity index (χ2v) is 10.1. The van der Waals surface area contributed by atoms with Crippen molar-refractivity contribution < 1.29 is 14.4 Å². The highest BCUT2D eigenvalue weighted by atomic mass is 35.5. The molecule has 0 spiro atoms. The van der Waals surface area contributed by atoms with Gasteiger partial charge in [-0.05, 0) is 36.8 Å². The number of carbonyl (C=O) groups excluding carboxylic acids is 3. The van der Waals surface area contributed by atoms with Crippen LogP contribution < -0.4 is 10.2 Å². The van der Waals surface area contributed by atoms with E-state index < -0.39 is 0 Å². The second-order valence-electron chi connectivity index (χ2n) is 8.05. The quantitative estimate of drug-likeness (QED) is 0.287. The van der Waals surface area contributed by atoms with Gasteiger partial charge in [0.25, 0.3) is 11.8 Å². The predicted molar refractivity (Wildman–Crippen MR) is 142 cm³/mol. The lowest BCUT2D eigenvalue weighted by atomic mass is 10.1. The number of amides is 3. The number of nitrogens with one attached hydrogen (secondary N) is 1. The Labute approximate surface area is 213 Å². The standard InChI is InChI=1S/C25H24ClN3O3S2/c1-2-3-4-7-14-28-24(32)22(34-25(28)33)21-18-8-5-6-9-19(18)29(23(21)31)15-20(30)27-17-12-10-16(26)11-13-17/h5-6,8-13H,2-4,7,14-15H2,1H3,(H,27,30)/b22-21+. The number of unbranched alkanes of at least 4 members (excludes halogenated alkanes) is 3. The number of halogens is 1. The normalized spacial score (nSPS) is 17.5. The van der Waals surface area contributed by atoms with Gasteiger partial charge in [-0.3, -0.25) is 24.2 Å². The molecule has 2 aliphatic heterocycles. The summed E-state index contributed by atoms with van der Waals surface area (Å²) < 4.78 is 0.466. The molecule has 1 N–H and O–H groups in total. The number of anilines is 2. The lowest BCUT2D eigenvalue weighted by Gasteiger charge is -2.17. The number of nitrogens with zero attached hydrogens (tertiary/aromatic N) is 2. The van der Waals surface area contributed by atoms with Crippen molar-refractivity contribution in [1.29, 1.82) is 0 Å². The molecular formula is C25H24ClN3O3S2. The van der Waals surface area contributed by atoms with Crippen molar-refractivity contribution in [3.63, 3.8) is 0 Å². The first-order valence-corrected chi connectivity index (χ1v) is 12.8. The first kappa shape index (κ1) is 24.4. The second kappa shape index (κ2) is 10.7. The van der Waals surface area contributed by atoms with Crippen LogP contribution in [0.3, 0.4) is 0 Å². The van der Waals surface area contributed by atoms with Crippen molar-refractivity contribution in [3.8, 4) is 0 Å². The van der Waals surface area contributed by atoms with Crippen LogP contribution in [0.4, 0.5) is 11.4 Å². The van der Waals surface area contributed by atoms with Gasteiger partial charge in [-0.15, -0.1) is 0 Å². The number of hydrogen-bond donors (Lipinski definition) is 1. The molecule has 0 saturated carbocycles. The van der Waals surface area contributed by atoms with E-state index in [0.29, 0.717) is 43.3 Å². The molecule has 2 heterocycles. The third-order valence-corrected chi connectivity index (χ3v) is 7.36. The largest absolute Gasteiger partial charge is 0.325 e. The van der Waals surface area contributed by atoms with Gasteiger partial charge in [0.1, 0.15) is 10.9 Å². The molecule has 2 aromatic carbocycles. The number of thioether (sulfide) groups is 1. The van der Waals surface area contributed by atoms with E-state index in [-0.39, 0.29) is 24.3 Å². The van der Waals surface area contributed by atoms with Crippen LogP contribution in [0.5, 0.6) is 0 Å². The van der Waals surface area contributed by atoms with Crippen molar-refractivity contribution in [2.75, 3.05) is 23.3 Å². The van der Waals surface area contributed by atoms with Crippen LogP contribution in [0, 0.1) is 0 Å². The molecule has 0 radical (unpaired) electrons. The van der Waals surface area contributed by atoms with E-state index >= 15 is 0 Å². The summed E-state index contributed by atoms with van der Waals surface area (Å²) in [5.74, 6) is -0.966. The molecule has 0 aromatic heterocycles. The van der Waals surface area contributed by atoms with E-state index in [1.165, 1.54) is 4.90 Å². The number of hydrogen-bond acceptors (Lipinski definition) is 5. The average molecular weight is 514 g/mol. The van der Waals surface area contributed by atoms with Crippen LogP contribution in [-0.2, 0) is 14.4 Å². The minimum absolute atomic E-state index is 0.181. The summed E-state index contributed by atoms with van der Waals surface area (Å²) in [4.78, 5) is 42.7. The maximum absolute atomic E-state index is 13.5. The summed E-state index contributed by atoms with van der Waals surface area (Å²) in [5, 5.41) is 3.34. The van der Waals surface area contributed by atoms with Crippen LogP contribution in [0.25, 0.3) is 5.57 Å². The first-order valence-electron chi connectivity index (χ1n) is 11.1. The highest BCUT2D eigenvalue weighted by molar-refractivity contribution is 8.26. The molecule has 4 rings (SSSR count). The summed E-state index contributed by atoms with van der Waals surface area (Å²) in [6.07, 6.45) is 4.10. The van der Waals surface area contributed by atoms with Gasteiger partial charge in [0.15, 0.2) is 0 Å². The minimum Gasteiger partial charge on any atom is -0.325 e. The summed E-state index contributed by atoms with van der Waals surface area (Å²) in [6.45, 7) is 2.50. The Morgan fingerprint density at radius 2 is 1.74 bits per heavy atom. The summed E-state index contributed by atoms with van der Waals surface area (Å²) in [5.41, 5.74) is 2.13. The molecule has 3 amide bonds. The van der Waals surface area contributed by atoms with Crippen molar-refractivity contribution in [1.82, 2.24) is 4.90 Å². The molecule has 6 nitrogen and oxygen atoms in total. The molecule has 0 bridgehead atoms. The Morgan fingerprint density at radius 3 is 2.47 bits per heavy atom. The van der Waals surface area contributed by atoms with E-state index in [2.05, 4.69) is 12.2 Å². The number of carbonyl (C=O) groups is 3. The van der Waals surface area contributed by atoms with Gasteiger partial charge in [0.2, 0.25) is 5.91 Å². The Hall–Kier alpha value is -2.68. The fourth-order valence-corrected chi connectivity index (χ4v) is 5.48. The highest BCUT2D eigenvalue weighted by Gasteiger charge is 2.42. The van der Waals surface area contributed by atoms with E-state index in [9.17, 15) is 14.4 Å². The van der Waals surface area contributed by atoms with Crippen molar-refractivity contribution in [3.05, 3.63) is 64.0 Å². The monoisotopic (exact) mass is 513 g/mol. The molecule has 0 unspecified atom stereocenters. The van der Waals surface area contributed by atoms with Crippen molar-refractivity contribution >= 4 is 74.6 Å². The Bertz CT molecular complexity index is 1180. The fraction of sp³-hybridized carbons (Fsp3) is 0.280. The molecule has 176 valence electrons. The smallest absolute Gasteiger partial charge is 0.267 e. The number of para-hydroxylation sites is 1. The highest BCUT2D eigenvalue weighted by Crippen LogP contribution is 2.44. The Morgan fingerprint density at radius 1 is 1.00 bits per heavy atom. The van der Waals surface area contributed by atoms with Gasteiger partial charge in [-0.1, -0.05) is 80.0 Å². The van der Waals surface area contributed by atoms with E-state index in [0.717, 1.165) is 37.4 Å². The maximum atomic E-state index is 13.5. The van der Waals surface area contributed by atoms with Crippen molar-refractivity contribution in [2.45, 2.75) is 32.6 Å². The average Bonchev–Trinajstić information content (AvgIpc) is 3.25. The molecule has 9 heteroatoms. The van der Waals surface area contributed by atoms with Crippen LogP contribution >= 0.6 is 35.6 Å². The zero-order valence-electron chi connectivity index (χ0n) is 18.7. The zero-order valence-corrected chi connectivity index (χ0v) is 21.1. The molecule has 34 heavy (non-hydrogen) atoms. The molecule has 0 atom stereocenters. The van der Waals surface area contributed by atoms with Gasteiger partial charge in [0.05, 0.1) is 16.2 Å². The van der Waals surface area contributed by atoms with Gasteiger partial charge in [0, 0.05) is 22.8 Å². The van der Waals surface area contributed by atoms with Crippen LogP contribution in [0.2, 0.25) is 5.02 Å². The van der Waals surface area contributed by atoms with Crippen molar-refractivity contribution in [2.24, 2.45) is 0 Å². The van der Waals surface area contributed by atoms with Gasteiger partial charge < -0.3 is 5.32 Å². The van der Waals surface area contributed by atoms with Crippen LogP contribution in [0.1, 0.15) is 38.2 Å². The number of thiocarbonyl (C=S) groups is 1. The Kier molecular flexibility index (Phi) is 7.70. The number of fused-ring (bicyclic) bond motifs is 1. The fourth-order valence-electron chi connectivity index (χ4n) is 3.97. The third kappa shape index (κ3) is 5.04. The molecule has 0 aliphatic carbocycles. The van der Waals surface area contributed by atoms with Crippen LogP contribution in [0.15, 0.2) is 53.4 Å². The maximum Gasteiger partial charge on any atom is 0.267 e. The van der Waals surface area contributed by atoms with E-state index in [1.54, 1.807) is 47.4 Å². The lowest BCUT2D eigenvalue weighted by molar-refractivity contribution is -0.122. The number of rotatable bonds is 8. The molecule has 2 aromatic rings. The summed E-state index contributed by atoms with van der Waals surface area (Å²) in [7, 11) is 0. The topological polar surface area (TPSA) is 69.7 Å². The third-order valence-electron chi connectivity index (χ3n) is 5.66. The SMILES string of the molecule is CCCCCCN1C(=O)/C(=C2\C(=O)N(CC(=O)Nc3ccc(Cl)cc3)c3ccccc32)SC1=S. The van der Waals surface area contributed by atoms with Gasteiger partial charge >= 0.3 is 0 Å². The minimum atomic E-state index is -0.376. The van der Waals surface area contributed by atoms with Crippen LogP contribution in [-0.4, -0.2) is 40.0 Å². The van der Waals surface area contributed by atoms with Gasteiger partial charge in [-0.2, -0.15) is 0 Å². The molecular weight excluding hydrogens is 490 g/mol. The van der Waals surface area contributed by atoms with E-state index in [1.807, 2.05) is 6.07 Å². The molecule has 1 fully saturated rings. The summed E-state index contributed by atoms with van der Waals surface area (Å²) in [6, 6.07) is 13.9. The zero-order chi connectivity index (χ0) is 24.2. The van der Waals surface area contributed by atoms with Gasteiger partial charge in [-0.25, -0.2) is 0 Å². The first-order chi connectivity index (χ1) is 16.4. The lowest BCUT2D eigenvalue weighted by Crippen LogP contribution is -2.35. The Balaban J connectivity index is 1.57. The van der Waals surface area contributed by atoms with E-state index in [4.69, 9.17) is 23.8 Å². The summed E-state index contributed by atoms with van der Waals surface area (Å²) >= 11 is 12.5. The molecule has 1 saturated heterocycles. The molecule has 2 aliphatic rings.